The number of hydrogen-bond donors (Lipinski definition) is 3. The van der Waals surface area contributed by atoms with E-state index in [1.54, 1.807) is 24.9 Å². The van der Waals surface area contributed by atoms with Crippen molar-refractivity contribution in [3.8, 4) is 0 Å². The van der Waals surface area contributed by atoms with Gasteiger partial charge >= 0.3 is 0 Å². The van der Waals surface area contributed by atoms with E-state index in [1.165, 1.54) is 6.33 Å². The molecule has 0 saturated heterocycles. The van der Waals surface area contributed by atoms with E-state index < -0.39 is 0 Å². The molecular formula is C15H18N8. The molecule has 0 amide bonds. The van der Waals surface area contributed by atoms with E-state index in [9.17, 15) is 0 Å². The predicted octanol–water partition coefficient (Wildman–Crippen LogP) is 1.90. The predicted molar refractivity (Wildman–Crippen MR) is 89.3 cm³/mol. The summed E-state index contributed by atoms with van der Waals surface area (Å²) in [6, 6.07) is 3.74. The minimum absolute atomic E-state index is 0.485. The van der Waals surface area contributed by atoms with Crippen molar-refractivity contribution in [1.29, 1.82) is 0 Å². The maximum atomic E-state index is 6.12. The van der Waals surface area contributed by atoms with E-state index in [2.05, 4.69) is 30.6 Å². The highest BCUT2D eigenvalue weighted by atomic mass is 15.1. The number of nitrogens with two attached hydrogens (primary N) is 1. The molecule has 118 valence electrons. The van der Waals surface area contributed by atoms with Gasteiger partial charge in [-0.1, -0.05) is 0 Å². The van der Waals surface area contributed by atoms with Gasteiger partial charge < -0.3 is 20.9 Å². The first-order valence-electron chi connectivity index (χ1n) is 7.30. The van der Waals surface area contributed by atoms with Gasteiger partial charge in [-0.3, -0.25) is 4.98 Å². The van der Waals surface area contributed by atoms with Gasteiger partial charge in [-0.2, -0.15) is 0 Å². The van der Waals surface area contributed by atoms with Crippen LogP contribution in [0.4, 0.5) is 23.0 Å². The molecule has 3 aromatic heterocycles. The van der Waals surface area contributed by atoms with Crippen LogP contribution in [0.1, 0.15) is 6.42 Å². The Morgan fingerprint density at radius 2 is 2.04 bits per heavy atom. The number of aryl methyl sites for hydroxylation is 1. The maximum Gasteiger partial charge on any atom is 0.159 e. The summed E-state index contributed by atoms with van der Waals surface area (Å²) in [6.45, 7) is 1.64. The van der Waals surface area contributed by atoms with Crippen molar-refractivity contribution in [2.75, 3.05) is 22.9 Å². The van der Waals surface area contributed by atoms with Crippen LogP contribution in [-0.2, 0) is 6.54 Å². The van der Waals surface area contributed by atoms with E-state index in [0.29, 0.717) is 17.3 Å². The Morgan fingerprint density at radius 3 is 2.83 bits per heavy atom. The second-order valence-corrected chi connectivity index (χ2v) is 4.93. The van der Waals surface area contributed by atoms with Crippen LogP contribution in [0.25, 0.3) is 0 Å². The summed E-state index contributed by atoms with van der Waals surface area (Å²) < 4.78 is 2.03. The number of hydrogen-bond acceptors (Lipinski definition) is 7. The molecule has 0 atom stereocenters. The third-order valence-electron chi connectivity index (χ3n) is 3.25. The molecule has 0 unspecified atom stereocenters. The largest absolute Gasteiger partial charge is 0.393 e. The fourth-order valence-corrected chi connectivity index (χ4v) is 2.10. The number of imidazole rings is 1. The number of nitrogens with zero attached hydrogens (tertiary/aromatic N) is 5. The smallest absolute Gasteiger partial charge is 0.159 e. The van der Waals surface area contributed by atoms with Crippen molar-refractivity contribution in [2.45, 2.75) is 13.0 Å². The molecule has 4 N–H and O–H groups in total. The first kappa shape index (κ1) is 14.8. The average Bonchev–Trinajstić information content (AvgIpc) is 3.09. The third kappa shape index (κ3) is 3.94. The van der Waals surface area contributed by atoms with Crippen LogP contribution in [0, 0.1) is 0 Å². The van der Waals surface area contributed by atoms with Crippen molar-refractivity contribution in [3.63, 3.8) is 0 Å². The lowest BCUT2D eigenvalue weighted by Crippen LogP contribution is -2.10. The van der Waals surface area contributed by atoms with E-state index in [1.807, 2.05) is 22.9 Å². The zero-order valence-electron chi connectivity index (χ0n) is 12.6. The molecule has 3 heterocycles. The molecule has 0 fully saturated rings. The molecule has 23 heavy (non-hydrogen) atoms. The fraction of sp³-hybridized carbons (Fsp3) is 0.200. The van der Waals surface area contributed by atoms with Gasteiger partial charge in [-0.25, -0.2) is 15.0 Å². The first-order chi connectivity index (χ1) is 11.3. The second kappa shape index (κ2) is 7.21. The van der Waals surface area contributed by atoms with Crippen molar-refractivity contribution < 1.29 is 0 Å². The highest BCUT2D eigenvalue weighted by Gasteiger charge is 2.07. The first-order valence-corrected chi connectivity index (χ1v) is 7.30. The lowest BCUT2D eigenvalue weighted by molar-refractivity contribution is 0.660. The molecule has 0 saturated carbocycles. The van der Waals surface area contributed by atoms with Crippen molar-refractivity contribution in [1.82, 2.24) is 24.5 Å². The van der Waals surface area contributed by atoms with Crippen molar-refractivity contribution in [2.24, 2.45) is 0 Å². The SMILES string of the molecule is Nc1c(NCCCn2ccnc2)ncnc1Nc1cccnc1. The monoisotopic (exact) mass is 310 g/mol. The molecule has 8 heteroatoms. The van der Waals surface area contributed by atoms with Crippen LogP contribution in [-0.4, -0.2) is 31.0 Å². The van der Waals surface area contributed by atoms with Gasteiger partial charge in [0.15, 0.2) is 11.6 Å². The minimum atomic E-state index is 0.485. The van der Waals surface area contributed by atoms with Crippen LogP contribution in [0.2, 0.25) is 0 Å². The Morgan fingerprint density at radius 1 is 1.13 bits per heavy atom. The molecule has 0 aromatic carbocycles. The Bertz CT molecular complexity index is 726. The zero-order valence-corrected chi connectivity index (χ0v) is 12.6. The van der Waals surface area contributed by atoms with E-state index in [0.717, 1.165) is 25.2 Å². The maximum absolute atomic E-state index is 6.12. The molecule has 8 nitrogen and oxygen atoms in total. The zero-order chi connectivity index (χ0) is 15.9. The van der Waals surface area contributed by atoms with Crippen LogP contribution in [0.15, 0.2) is 49.6 Å². The Balaban J connectivity index is 1.58. The van der Waals surface area contributed by atoms with Gasteiger partial charge in [0, 0.05) is 31.7 Å². The lowest BCUT2D eigenvalue weighted by atomic mass is 10.3. The summed E-state index contributed by atoms with van der Waals surface area (Å²) in [6.07, 6.45) is 11.3. The summed E-state index contributed by atoms with van der Waals surface area (Å²) in [5, 5.41) is 6.37. The normalized spacial score (nSPS) is 10.4. The molecule has 0 aliphatic heterocycles. The van der Waals surface area contributed by atoms with Crippen molar-refractivity contribution in [3.05, 3.63) is 49.6 Å². The van der Waals surface area contributed by atoms with E-state index in [-0.39, 0.29) is 0 Å². The molecule has 0 aliphatic rings. The number of aromatic nitrogens is 5. The number of nitrogen functional groups attached to an aromatic ring is 1. The number of pyridine rings is 1. The third-order valence-corrected chi connectivity index (χ3v) is 3.25. The molecule has 0 aliphatic carbocycles. The van der Waals surface area contributed by atoms with Crippen LogP contribution >= 0.6 is 0 Å². The molecular weight excluding hydrogens is 292 g/mol. The van der Waals surface area contributed by atoms with Gasteiger partial charge in [0.05, 0.1) is 18.2 Å². The molecule has 3 aromatic rings. The molecule has 3 rings (SSSR count). The number of anilines is 4. The molecule has 0 spiro atoms. The second-order valence-electron chi connectivity index (χ2n) is 4.93. The van der Waals surface area contributed by atoms with Gasteiger partial charge in [0.1, 0.15) is 12.0 Å². The van der Waals surface area contributed by atoms with Crippen LogP contribution in [0.5, 0.6) is 0 Å². The standard InChI is InChI=1S/C15H18N8/c16-13-14(19-5-2-7-23-8-6-18-11-23)20-10-21-15(13)22-12-3-1-4-17-9-12/h1,3-4,6,8-11H,2,5,7,16H2,(H2,19,20,21,22). The van der Waals surface area contributed by atoms with E-state index in [4.69, 9.17) is 5.73 Å². The summed E-state index contributed by atoms with van der Waals surface area (Å²) in [5.41, 5.74) is 7.43. The highest BCUT2D eigenvalue weighted by Crippen LogP contribution is 2.25. The average molecular weight is 310 g/mol. The van der Waals surface area contributed by atoms with Gasteiger partial charge in [-0.05, 0) is 18.6 Å². The summed E-state index contributed by atoms with van der Waals surface area (Å²) in [7, 11) is 0. The summed E-state index contributed by atoms with van der Waals surface area (Å²) in [4.78, 5) is 16.4. The highest BCUT2D eigenvalue weighted by molar-refractivity contribution is 5.77. The Labute approximate surface area is 133 Å². The van der Waals surface area contributed by atoms with E-state index >= 15 is 0 Å². The minimum Gasteiger partial charge on any atom is -0.393 e. The van der Waals surface area contributed by atoms with Crippen LogP contribution in [0.3, 0.4) is 0 Å². The Hall–Kier alpha value is -3.16. The summed E-state index contributed by atoms with van der Waals surface area (Å²) >= 11 is 0. The quantitative estimate of drug-likeness (QED) is 0.572. The number of nitrogens with one attached hydrogen (secondary N) is 2. The summed E-state index contributed by atoms with van der Waals surface area (Å²) in [5.74, 6) is 1.18. The Kier molecular flexibility index (Phi) is 4.63. The topological polar surface area (TPSA) is 107 Å². The number of rotatable bonds is 7. The van der Waals surface area contributed by atoms with Gasteiger partial charge in [-0.15, -0.1) is 0 Å². The van der Waals surface area contributed by atoms with Crippen LogP contribution < -0.4 is 16.4 Å². The van der Waals surface area contributed by atoms with Crippen molar-refractivity contribution >= 4 is 23.0 Å². The lowest BCUT2D eigenvalue weighted by Gasteiger charge is -2.12. The molecule has 0 bridgehead atoms. The molecule has 0 radical (unpaired) electrons. The van der Waals surface area contributed by atoms with Gasteiger partial charge in [0.25, 0.3) is 0 Å². The fourth-order valence-electron chi connectivity index (χ4n) is 2.10. The van der Waals surface area contributed by atoms with Gasteiger partial charge in [0.2, 0.25) is 0 Å².